The Hall–Kier alpha value is -1.48. The molecule has 72 valence electrons. The van der Waals surface area contributed by atoms with Gasteiger partial charge in [0.25, 0.3) is 0 Å². The highest BCUT2D eigenvalue weighted by molar-refractivity contribution is 6.32. The zero-order chi connectivity index (χ0) is 10.1. The summed E-state index contributed by atoms with van der Waals surface area (Å²) < 4.78 is 1.64. The molecule has 0 aliphatic rings. The van der Waals surface area contributed by atoms with Gasteiger partial charge < -0.3 is 5.73 Å². The van der Waals surface area contributed by atoms with Crippen LogP contribution >= 0.6 is 11.6 Å². The van der Waals surface area contributed by atoms with Crippen LogP contribution in [0.2, 0.25) is 5.02 Å². The largest absolute Gasteiger partial charge is 0.384 e. The third-order valence-corrected chi connectivity index (χ3v) is 2.26. The zero-order valence-electron chi connectivity index (χ0n) is 7.74. The van der Waals surface area contributed by atoms with Crippen LogP contribution < -0.4 is 5.73 Å². The highest BCUT2D eigenvalue weighted by Gasteiger charge is 2.06. The van der Waals surface area contributed by atoms with Gasteiger partial charge in [-0.15, -0.1) is 0 Å². The smallest absolute Gasteiger partial charge is 0.127 e. The first-order chi connectivity index (χ1) is 6.68. The highest BCUT2D eigenvalue weighted by atomic mass is 35.5. The fourth-order valence-electron chi connectivity index (χ4n) is 1.34. The normalized spacial score (nSPS) is 10.4. The second-order valence-corrected chi connectivity index (χ2v) is 3.48. The molecule has 0 unspecified atom stereocenters. The molecule has 0 saturated carbocycles. The average molecular weight is 208 g/mol. The number of aromatic nitrogens is 2. The van der Waals surface area contributed by atoms with Crippen molar-refractivity contribution in [3.05, 3.63) is 41.0 Å². The van der Waals surface area contributed by atoms with Crippen LogP contribution in [0.4, 0.5) is 5.82 Å². The number of aryl methyl sites for hydroxylation is 1. The summed E-state index contributed by atoms with van der Waals surface area (Å²) in [4.78, 5) is 0. The van der Waals surface area contributed by atoms with Gasteiger partial charge in [0.15, 0.2) is 0 Å². The molecule has 3 nitrogen and oxygen atoms in total. The zero-order valence-corrected chi connectivity index (χ0v) is 8.49. The topological polar surface area (TPSA) is 43.8 Å². The molecule has 0 fully saturated rings. The Kier molecular flexibility index (Phi) is 2.17. The minimum absolute atomic E-state index is 0.593. The van der Waals surface area contributed by atoms with Gasteiger partial charge in [0.05, 0.1) is 16.4 Å². The number of rotatable bonds is 1. The first-order valence-corrected chi connectivity index (χ1v) is 4.63. The lowest BCUT2D eigenvalue weighted by Crippen LogP contribution is -2.02. The van der Waals surface area contributed by atoms with Gasteiger partial charge in [-0.1, -0.05) is 23.7 Å². The number of anilines is 1. The van der Waals surface area contributed by atoms with Crippen LogP contribution in [0.5, 0.6) is 0 Å². The first-order valence-electron chi connectivity index (χ1n) is 4.25. The van der Waals surface area contributed by atoms with Crippen molar-refractivity contribution >= 4 is 17.4 Å². The van der Waals surface area contributed by atoms with Crippen molar-refractivity contribution in [2.24, 2.45) is 0 Å². The standard InChI is InChI=1S/C10H10ClN3/c1-7-6-10(12)14(13-7)9-5-3-2-4-8(9)11/h2-6H,12H2,1H3. The van der Waals surface area contributed by atoms with E-state index < -0.39 is 0 Å². The number of hydrogen-bond donors (Lipinski definition) is 1. The van der Waals surface area contributed by atoms with Gasteiger partial charge in [0.1, 0.15) is 5.82 Å². The number of nitrogens with two attached hydrogens (primary N) is 1. The van der Waals surface area contributed by atoms with E-state index >= 15 is 0 Å². The molecule has 2 rings (SSSR count). The predicted octanol–water partition coefficient (Wildman–Crippen LogP) is 2.42. The molecular weight excluding hydrogens is 198 g/mol. The van der Waals surface area contributed by atoms with Gasteiger partial charge in [0, 0.05) is 6.07 Å². The number of nitrogen functional groups attached to an aromatic ring is 1. The van der Waals surface area contributed by atoms with E-state index in [-0.39, 0.29) is 0 Å². The minimum atomic E-state index is 0.593. The maximum atomic E-state index is 6.02. The van der Waals surface area contributed by atoms with E-state index in [1.54, 1.807) is 4.68 Å². The van der Waals surface area contributed by atoms with Crippen LogP contribution in [-0.4, -0.2) is 9.78 Å². The number of para-hydroxylation sites is 1. The van der Waals surface area contributed by atoms with Gasteiger partial charge in [-0.3, -0.25) is 0 Å². The predicted molar refractivity (Wildman–Crippen MR) is 57.7 cm³/mol. The third-order valence-electron chi connectivity index (χ3n) is 1.94. The van der Waals surface area contributed by atoms with Crippen LogP contribution in [0.1, 0.15) is 5.69 Å². The Morgan fingerprint density at radius 1 is 1.36 bits per heavy atom. The maximum absolute atomic E-state index is 6.02. The molecule has 0 bridgehead atoms. The van der Waals surface area contributed by atoms with Crippen LogP contribution in [0.25, 0.3) is 5.69 Å². The second kappa shape index (κ2) is 3.35. The van der Waals surface area contributed by atoms with E-state index in [0.29, 0.717) is 10.8 Å². The van der Waals surface area contributed by atoms with Crippen molar-refractivity contribution < 1.29 is 0 Å². The quantitative estimate of drug-likeness (QED) is 0.781. The molecule has 0 spiro atoms. The molecule has 14 heavy (non-hydrogen) atoms. The van der Waals surface area contributed by atoms with E-state index in [0.717, 1.165) is 11.4 Å². The van der Waals surface area contributed by atoms with E-state index in [1.807, 2.05) is 37.3 Å². The second-order valence-electron chi connectivity index (χ2n) is 3.07. The molecule has 1 heterocycles. The van der Waals surface area contributed by atoms with Gasteiger partial charge in [-0.25, -0.2) is 4.68 Å². The fourth-order valence-corrected chi connectivity index (χ4v) is 1.55. The summed E-state index contributed by atoms with van der Waals surface area (Å²) >= 11 is 6.02. The summed E-state index contributed by atoms with van der Waals surface area (Å²) in [6.45, 7) is 1.89. The summed E-state index contributed by atoms with van der Waals surface area (Å²) in [7, 11) is 0. The fraction of sp³-hybridized carbons (Fsp3) is 0.100. The molecule has 0 aliphatic carbocycles. The lowest BCUT2D eigenvalue weighted by Gasteiger charge is -2.05. The molecule has 4 heteroatoms. The van der Waals surface area contributed by atoms with E-state index in [1.165, 1.54) is 0 Å². The first kappa shape index (κ1) is 9.09. The number of hydrogen-bond acceptors (Lipinski definition) is 2. The third kappa shape index (κ3) is 1.46. The summed E-state index contributed by atoms with van der Waals surface area (Å²) in [6, 6.07) is 9.28. The Morgan fingerprint density at radius 2 is 2.07 bits per heavy atom. The molecule has 0 atom stereocenters. The van der Waals surface area contributed by atoms with Crippen molar-refractivity contribution in [3.63, 3.8) is 0 Å². The van der Waals surface area contributed by atoms with Gasteiger partial charge >= 0.3 is 0 Å². The Morgan fingerprint density at radius 3 is 2.64 bits per heavy atom. The SMILES string of the molecule is Cc1cc(N)n(-c2ccccc2Cl)n1. The van der Waals surface area contributed by atoms with Crippen LogP contribution in [0.15, 0.2) is 30.3 Å². The molecule has 2 N–H and O–H groups in total. The summed E-state index contributed by atoms with van der Waals surface area (Å²) in [5.74, 6) is 0.593. The van der Waals surface area contributed by atoms with Crippen LogP contribution in [0, 0.1) is 6.92 Å². The van der Waals surface area contributed by atoms with Crippen LogP contribution in [0.3, 0.4) is 0 Å². The highest BCUT2D eigenvalue weighted by Crippen LogP contribution is 2.22. The minimum Gasteiger partial charge on any atom is -0.384 e. The van der Waals surface area contributed by atoms with E-state index in [9.17, 15) is 0 Å². The Labute approximate surface area is 87.1 Å². The lowest BCUT2D eigenvalue weighted by atomic mass is 10.3. The number of nitrogens with zero attached hydrogens (tertiary/aromatic N) is 2. The molecule has 0 radical (unpaired) electrons. The van der Waals surface area contributed by atoms with Gasteiger partial charge in [0.2, 0.25) is 0 Å². The van der Waals surface area contributed by atoms with E-state index in [4.69, 9.17) is 17.3 Å². The van der Waals surface area contributed by atoms with Gasteiger partial charge in [-0.2, -0.15) is 5.10 Å². The molecule has 0 amide bonds. The molecule has 1 aromatic heterocycles. The lowest BCUT2D eigenvalue weighted by molar-refractivity contribution is 0.872. The van der Waals surface area contributed by atoms with Crippen LogP contribution in [-0.2, 0) is 0 Å². The maximum Gasteiger partial charge on any atom is 0.127 e. The van der Waals surface area contributed by atoms with Crippen molar-refractivity contribution in [3.8, 4) is 5.69 Å². The Balaban J connectivity index is 2.60. The van der Waals surface area contributed by atoms with Crippen molar-refractivity contribution in [2.75, 3.05) is 5.73 Å². The molecular formula is C10H10ClN3. The van der Waals surface area contributed by atoms with Crippen molar-refractivity contribution in [2.45, 2.75) is 6.92 Å². The van der Waals surface area contributed by atoms with E-state index in [2.05, 4.69) is 5.10 Å². The molecule has 0 aliphatic heterocycles. The average Bonchev–Trinajstić information content (AvgIpc) is 2.46. The Bertz CT molecular complexity index is 462. The van der Waals surface area contributed by atoms with Crippen molar-refractivity contribution in [1.29, 1.82) is 0 Å². The molecule has 0 saturated heterocycles. The summed E-state index contributed by atoms with van der Waals surface area (Å²) in [6.07, 6.45) is 0. The molecule has 2 aromatic rings. The molecule has 1 aromatic carbocycles. The summed E-state index contributed by atoms with van der Waals surface area (Å²) in [5, 5.41) is 4.89. The van der Waals surface area contributed by atoms with Crippen molar-refractivity contribution in [1.82, 2.24) is 9.78 Å². The number of benzene rings is 1. The monoisotopic (exact) mass is 207 g/mol. The van der Waals surface area contributed by atoms with Gasteiger partial charge in [-0.05, 0) is 19.1 Å². The number of halogens is 1. The summed E-state index contributed by atoms with van der Waals surface area (Å²) in [5.41, 5.74) is 7.47.